The number of hydrogen-bond donors (Lipinski definition) is 2. The summed E-state index contributed by atoms with van der Waals surface area (Å²) in [5.74, 6) is 0.335. The number of ether oxygens (including phenoxy) is 13. The van der Waals surface area contributed by atoms with Crippen molar-refractivity contribution in [2.24, 2.45) is 0 Å². The minimum atomic E-state index is -4.49. The van der Waals surface area contributed by atoms with Crippen LogP contribution in [0.1, 0.15) is 62.8 Å². The summed E-state index contributed by atoms with van der Waals surface area (Å²) >= 11 is 24.8. The van der Waals surface area contributed by atoms with Crippen molar-refractivity contribution in [3.05, 3.63) is 137 Å². The Morgan fingerprint density at radius 2 is 0.938 bits per heavy atom. The number of H-pyrrole nitrogens is 1. The molecule has 2 N–H and O–H groups in total. The molecule has 45 heteroatoms. The van der Waals surface area contributed by atoms with Crippen LogP contribution in [0, 0.1) is 0 Å². The first-order chi connectivity index (χ1) is 53.7. The Morgan fingerprint density at radius 3 is 1.34 bits per heavy atom. The number of fused-ring (bicyclic) bond motifs is 2. The molecular weight excluding hydrogens is 1630 g/mol. The summed E-state index contributed by atoms with van der Waals surface area (Å²) in [4.78, 5) is 107. The van der Waals surface area contributed by atoms with Crippen LogP contribution in [0.4, 0.5) is 45.5 Å². The molecule has 0 unspecified atom stereocenters. The number of aromatic amines is 1. The van der Waals surface area contributed by atoms with Crippen LogP contribution in [0.2, 0.25) is 0 Å². The molecule has 34 nitrogen and oxygen atoms in total. The maximum Gasteiger partial charge on any atom is 0.511 e. The summed E-state index contributed by atoms with van der Waals surface area (Å²) in [5.41, 5.74) is -3.28. The summed E-state index contributed by atoms with van der Waals surface area (Å²) in [5, 5.41) is 16.6. The van der Waals surface area contributed by atoms with E-state index in [1.807, 2.05) is 13.8 Å². The first-order valence-electron chi connectivity index (χ1n) is 34.1. The standard InChI is InChI=1S/C27H31F3N6O6.C21H21F3N6O2.2C6H11ClO4.C5H12O3.C3H3Cl3O3/c1-4-9-35-24(37)21-23(34(5-2)25(35)38)32-22(36(21)26(39)42-13-12-41-11-10-40-3)19-15-31-33(17-19)16-18-7-6-8-20(14-18)27(28,29)30;1-3-8-30-19(31)16-18(29(4-2)20(30)32)27-17(26-16)14-10-25-28(12-14)11-13-6-5-7-15(9-13)21(22,23)24;2*1-9-2-3-10-4-5-11-6(7)8;1-7-4-5-8-3-2-6;1-8-2(7)9-3(4,5)6/h6-8,14-15,17H,4-5,9-13,16H2,1-3H3;5-7,9-10,12H,3-4,8,11H2,1-2H3,(H,26,27);2*2-5H2,1H3;6H,2-5H2,1H3;1H3. The van der Waals surface area contributed by atoms with E-state index >= 15 is 0 Å². The highest BCUT2D eigenvalue weighted by molar-refractivity contribution is 6.66. The maximum absolute atomic E-state index is 13.5. The predicted octanol–water partition coefficient (Wildman–Crippen LogP) is 10.4. The average molecular weight is 1720 g/mol. The number of carbonyl (C=O) groups excluding carboxylic acids is 4. The van der Waals surface area contributed by atoms with Crippen LogP contribution < -0.4 is 22.5 Å². The van der Waals surface area contributed by atoms with Gasteiger partial charge in [0, 0.05) is 90.2 Å². The molecule has 0 spiro atoms. The van der Waals surface area contributed by atoms with E-state index in [1.165, 1.54) is 67.0 Å². The van der Waals surface area contributed by atoms with Gasteiger partial charge in [-0.2, -0.15) is 36.5 Å². The zero-order chi connectivity index (χ0) is 84.3. The molecule has 0 amide bonds. The smallest absolute Gasteiger partial charge is 0.451 e. The lowest BCUT2D eigenvalue weighted by molar-refractivity contribution is -0.138. The highest BCUT2D eigenvalue weighted by Crippen LogP contribution is 2.32. The first-order valence-corrected chi connectivity index (χ1v) is 36.0. The summed E-state index contributed by atoms with van der Waals surface area (Å²) in [6.45, 7) is 13.7. The Labute approximate surface area is 667 Å². The van der Waals surface area contributed by atoms with Gasteiger partial charge in [0.25, 0.3) is 11.1 Å². The molecule has 0 radical (unpaired) electrons. The third kappa shape index (κ3) is 34.6. The monoisotopic (exact) mass is 1710 g/mol. The van der Waals surface area contributed by atoms with E-state index in [1.54, 1.807) is 47.4 Å². The number of carbonyl (C=O) groups is 4. The van der Waals surface area contributed by atoms with Crippen molar-refractivity contribution in [3.8, 4) is 22.8 Å². The average Bonchev–Trinajstić information content (AvgIpc) is 1.59. The fourth-order valence-corrected chi connectivity index (χ4v) is 9.67. The molecule has 6 heterocycles. The molecule has 2 aromatic carbocycles. The normalized spacial score (nSPS) is 11.2. The van der Waals surface area contributed by atoms with Crippen LogP contribution >= 0.6 is 58.0 Å². The molecule has 630 valence electrons. The first kappa shape index (κ1) is 98.7. The van der Waals surface area contributed by atoms with Crippen molar-refractivity contribution < 1.29 is 112 Å². The Hall–Kier alpha value is -8.49. The van der Waals surface area contributed by atoms with Crippen LogP contribution in [0.3, 0.4) is 0 Å². The lowest BCUT2D eigenvalue weighted by Gasteiger charge is -2.11. The number of alkyl halides is 9. The molecule has 0 atom stereocenters. The van der Waals surface area contributed by atoms with Gasteiger partial charge in [0.1, 0.15) is 31.2 Å². The Balaban J connectivity index is 0.000000404. The van der Waals surface area contributed by atoms with E-state index < -0.39 is 73.1 Å². The number of methoxy groups -OCH3 is 5. The quantitative estimate of drug-likeness (QED) is 0.00930. The largest absolute Gasteiger partial charge is 0.511 e. The topological polar surface area (TPSA) is 379 Å². The molecule has 0 saturated carbocycles. The van der Waals surface area contributed by atoms with Crippen LogP contribution in [-0.2, 0) is 113 Å². The highest BCUT2D eigenvalue weighted by Gasteiger charge is 2.33. The number of aliphatic hydroxyl groups is 1. The van der Waals surface area contributed by atoms with Gasteiger partial charge in [-0.1, -0.05) is 38.1 Å². The molecule has 6 aromatic heterocycles. The number of halogens is 11. The van der Waals surface area contributed by atoms with Crippen molar-refractivity contribution in [2.75, 3.05) is 141 Å². The van der Waals surface area contributed by atoms with E-state index in [-0.39, 0.29) is 92.9 Å². The number of aromatic nitrogens is 12. The number of benzene rings is 2. The van der Waals surface area contributed by atoms with Gasteiger partial charge in [-0.25, -0.2) is 43.3 Å². The summed E-state index contributed by atoms with van der Waals surface area (Å²) in [7, 11) is 7.42. The van der Waals surface area contributed by atoms with Gasteiger partial charge in [-0.3, -0.25) is 37.2 Å². The molecular formula is C68H89Cl5F6N12O22. The predicted molar refractivity (Wildman–Crippen MR) is 401 cm³/mol. The van der Waals surface area contributed by atoms with Crippen molar-refractivity contribution in [3.63, 3.8) is 0 Å². The molecule has 0 saturated heterocycles. The van der Waals surface area contributed by atoms with Gasteiger partial charge in [0.15, 0.2) is 22.6 Å². The van der Waals surface area contributed by atoms with Gasteiger partial charge in [0.05, 0.1) is 141 Å². The zero-order valence-corrected chi connectivity index (χ0v) is 66.8. The van der Waals surface area contributed by atoms with Gasteiger partial charge < -0.3 is 71.7 Å². The van der Waals surface area contributed by atoms with Crippen LogP contribution in [0.5, 0.6) is 0 Å². The number of rotatable bonds is 35. The van der Waals surface area contributed by atoms with E-state index in [4.69, 9.17) is 101 Å². The van der Waals surface area contributed by atoms with Crippen LogP contribution in [-0.4, -0.2) is 231 Å². The fourth-order valence-electron chi connectivity index (χ4n) is 9.32. The number of nitrogens with one attached hydrogen (secondary N) is 1. The Morgan fingerprint density at radius 1 is 0.522 bits per heavy atom. The summed E-state index contributed by atoms with van der Waals surface area (Å²) < 4.78 is 146. The molecule has 0 aliphatic heterocycles. The van der Waals surface area contributed by atoms with E-state index in [0.717, 1.165) is 40.5 Å². The third-order valence-corrected chi connectivity index (χ3v) is 14.7. The number of nitrogens with zero attached hydrogens (tertiary/aromatic N) is 11. The fraction of sp³-hybridized carbons (Fsp3) is 0.529. The minimum Gasteiger partial charge on any atom is -0.451 e. The number of hydrogen-bond acceptors (Lipinski definition) is 26. The number of aliphatic hydroxyl groups excluding tert-OH is 1. The second-order valence-corrected chi connectivity index (χ2v) is 25.2. The second kappa shape index (κ2) is 52.1. The van der Waals surface area contributed by atoms with E-state index in [0.29, 0.717) is 121 Å². The third-order valence-electron chi connectivity index (χ3n) is 14.3. The highest BCUT2D eigenvalue weighted by atomic mass is 35.6. The van der Waals surface area contributed by atoms with E-state index in [9.17, 15) is 64.7 Å². The minimum absolute atomic E-state index is 0.00359. The molecule has 0 aliphatic carbocycles. The van der Waals surface area contributed by atoms with Crippen molar-refractivity contribution in [1.29, 1.82) is 0 Å². The van der Waals surface area contributed by atoms with Gasteiger partial charge in [0.2, 0.25) is 0 Å². The zero-order valence-electron chi connectivity index (χ0n) is 63.0. The maximum atomic E-state index is 13.5. The summed E-state index contributed by atoms with van der Waals surface area (Å²) in [6, 6.07) is 9.90. The second-order valence-electron chi connectivity index (χ2n) is 22.4. The Bertz CT molecular complexity index is 4410. The van der Waals surface area contributed by atoms with Crippen molar-refractivity contribution in [2.45, 2.75) is 96.1 Å². The lowest BCUT2D eigenvalue weighted by Crippen LogP contribution is -2.40. The van der Waals surface area contributed by atoms with Crippen LogP contribution in [0.25, 0.3) is 45.1 Å². The molecule has 8 rings (SSSR count). The van der Waals surface area contributed by atoms with Crippen molar-refractivity contribution >= 4 is 103 Å². The lowest BCUT2D eigenvalue weighted by atomic mass is 10.1. The molecule has 8 aromatic rings. The number of imidazole rings is 2. The molecule has 113 heavy (non-hydrogen) atoms. The summed E-state index contributed by atoms with van der Waals surface area (Å²) in [6.07, 6.45) is -3.76. The molecule has 0 fully saturated rings. The van der Waals surface area contributed by atoms with E-state index in [2.05, 4.69) is 48.8 Å². The van der Waals surface area contributed by atoms with Crippen LogP contribution in [0.15, 0.2) is 92.5 Å². The SMILES string of the molecule is CCCn1c(=O)c2[nH]c(-c3cnn(Cc4cccc(C(F)(F)F)c4)c3)nc2n(CC)c1=O.CCCn1c(=O)c2c(nc(-c3cnn(Cc4cccc(C(F)(F)F)c4)c3)n2C(=O)OCCOCCOC)n(CC)c1=O.COC(=O)OC(Cl)(Cl)Cl.COCCOCCO.COCCOCCOC(=O)Cl.COCCOCCOC(=O)Cl. The van der Waals surface area contributed by atoms with Gasteiger partial charge in [-0.05, 0) is 96.9 Å². The van der Waals surface area contributed by atoms with Crippen molar-refractivity contribution in [1.82, 2.24) is 57.3 Å². The Kier molecular flexibility index (Phi) is 45.5. The number of aryl methyl sites for hydroxylation is 2. The molecule has 0 bridgehead atoms. The van der Waals surface area contributed by atoms with Gasteiger partial charge >= 0.3 is 50.8 Å². The molecule has 0 aliphatic rings. The van der Waals surface area contributed by atoms with Gasteiger partial charge in [-0.15, -0.1) is 0 Å².